The van der Waals surface area contributed by atoms with Crippen LogP contribution in [0, 0.1) is 23.0 Å². The minimum Gasteiger partial charge on any atom is -0.307 e. The summed E-state index contributed by atoms with van der Waals surface area (Å²) in [5.41, 5.74) is 1.17. The van der Waals surface area contributed by atoms with Gasteiger partial charge in [0.15, 0.2) is 11.6 Å². The highest BCUT2D eigenvalue weighted by Gasteiger charge is 2.37. The van der Waals surface area contributed by atoms with E-state index in [4.69, 9.17) is 0 Å². The van der Waals surface area contributed by atoms with E-state index in [0.717, 1.165) is 12.0 Å². The highest BCUT2D eigenvalue weighted by Crippen LogP contribution is 2.41. The van der Waals surface area contributed by atoms with Gasteiger partial charge < -0.3 is 5.32 Å². The predicted octanol–water partition coefficient (Wildman–Crippen LogP) is 4.44. The third-order valence-corrected chi connectivity index (χ3v) is 4.24. The summed E-state index contributed by atoms with van der Waals surface area (Å²) in [6, 6.07) is 4.62. The second kappa shape index (κ2) is 5.20. The Morgan fingerprint density at radius 2 is 1.89 bits per heavy atom. The Morgan fingerprint density at radius 1 is 1.21 bits per heavy atom. The fourth-order valence-electron chi connectivity index (χ4n) is 3.32. The van der Waals surface area contributed by atoms with Gasteiger partial charge in [0.2, 0.25) is 0 Å². The van der Waals surface area contributed by atoms with E-state index in [1.54, 1.807) is 6.07 Å². The fourth-order valence-corrected chi connectivity index (χ4v) is 3.32. The van der Waals surface area contributed by atoms with Crippen LogP contribution >= 0.6 is 0 Å². The van der Waals surface area contributed by atoms with Gasteiger partial charge in [-0.3, -0.25) is 0 Å². The first-order valence-corrected chi connectivity index (χ1v) is 6.99. The van der Waals surface area contributed by atoms with Gasteiger partial charge in [0.1, 0.15) is 0 Å². The maximum absolute atomic E-state index is 13.3. The largest absolute Gasteiger partial charge is 0.307 e. The van der Waals surface area contributed by atoms with Crippen molar-refractivity contribution in [3.05, 3.63) is 35.4 Å². The molecule has 1 aromatic carbocycles. The number of hydrogen-bond donors (Lipinski definition) is 1. The molecule has 1 N–H and O–H groups in total. The fraction of sp³-hybridized carbons (Fsp3) is 0.625. The Balaban J connectivity index is 2.05. The number of hydrogen-bond acceptors (Lipinski definition) is 1. The van der Waals surface area contributed by atoms with E-state index in [-0.39, 0.29) is 6.04 Å². The number of nitrogens with one attached hydrogen (secondary N) is 1. The third kappa shape index (κ3) is 3.33. The Kier molecular flexibility index (Phi) is 3.95. The zero-order chi connectivity index (χ0) is 14.2. The standard InChI is InChI=1S/C16H23F2N/c1-10-8-16(3,4)9-15(10)19-11(2)12-5-6-13(17)14(18)7-12/h5-7,10-11,15,19H,8-9H2,1-4H3. The first-order chi connectivity index (χ1) is 8.78. The molecule has 1 aliphatic carbocycles. The van der Waals surface area contributed by atoms with Crippen molar-refractivity contribution in [2.24, 2.45) is 11.3 Å². The highest BCUT2D eigenvalue weighted by atomic mass is 19.2. The molecule has 0 spiro atoms. The van der Waals surface area contributed by atoms with E-state index in [1.807, 2.05) is 6.92 Å². The van der Waals surface area contributed by atoms with Gasteiger partial charge in [0, 0.05) is 12.1 Å². The number of halogens is 2. The molecule has 3 atom stereocenters. The van der Waals surface area contributed by atoms with Crippen molar-refractivity contribution in [2.75, 3.05) is 0 Å². The molecule has 0 aliphatic heterocycles. The van der Waals surface area contributed by atoms with Crippen molar-refractivity contribution in [2.45, 2.75) is 52.6 Å². The van der Waals surface area contributed by atoms with Crippen LogP contribution in [0.5, 0.6) is 0 Å². The van der Waals surface area contributed by atoms with Crippen LogP contribution < -0.4 is 5.32 Å². The SMILES string of the molecule is CC(NC1CC(C)(C)CC1C)c1ccc(F)c(F)c1. The molecule has 1 aromatic rings. The maximum atomic E-state index is 13.3. The molecule has 3 heteroatoms. The lowest BCUT2D eigenvalue weighted by Gasteiger charge is -2.24. The summed E-state index contributed by atoms with van der Waals surface area (Å²) in [5, 5.41) is 3.56. The lowest BCUT2D eigenvalue weighted by atomic mass is 9.91. The summed E-state index contributed by atoms with van der Waals surface area (Å²) in [6.07, 6.45) is 2.33. The monoisotopic (exact) mass is 267 g/mol. The summed E-state index contributed by atoms with van der Waals surface area (Å²) < 4.78 is 26.2. The van der Waals surface area contributed by atoms with E-state index in [2.05, 4.69) is 26.1 Å². The zero-order valence-electron chi connectivity index (χ0n) is 12.1. The van der Waals surface area contributed by atoms with Crippen LogP contribution in [0.15, 0.2) is 18.2 Å². The minimum absolute atomic E-state index is 0.0384. The molecule has 0 amide bonds. The Morgan fingerprint density at radius 3 is 2.42 bits per heavy atom. The van der Waals surface area contributed by atoms with E-state index in [1.165, 1.54) is 18.6 Å². The van der Waals surface area contributed by atoms with Crippen LogP contribution in [0.3, 0.4) is 0 Å². The van der Waals surface area contributed by atoms with Crippen molar-refractivity contribution in [3.8, 4) is 0 Å². The van der Waals surface area contributed by atoms with Gasteiger partial charge in [-0.25, -0.2) is 8.78 Å². The molecule has 0 radical (unpaired) electrons. The highest BCUT2D eigenvalue weighted by molar-refractivity contribution is 5.21. The summed E-state index contributed by atoms with van der Waals surface area (Å²) in [5.74, 6) is -0.944. The Labute approximate surface area is 114 Å². The lowest BCUT2D eigenvalue weighted by Crippen LogP contribution is -2.33. The van der Waals surface area contributed by atoms with Crippen molar-refractivity contribution in [1.82, 2.24) is 5.32 Å². The minimum atomic E-state index is -0.786. The maximum Gasteiger partial charge on any atom is 0.159 e. The molecule has 0 bridgehead atoms. The summed E-state index contributed by atoms with van der Waals surface area (Å²) in [7, 11) is 0. The van der Waals surface area contributed by atoms with Gasteiger partial charge in [0.25, 0.3) is 0 Å². The Bertz CT molecular complexity index is 456. The molecule has 2 rings (SSSR count). The quantitative estimate of drug-likeness (QED) is 0.853. The summed E-state index contributed by atoms with van der Waals surface area (Å²) >= 11 is 0. The molecule has 1 nitrogen and oxygen atoms in total. The molecule has 1 aliphatic rings. The number of rotatable bonds is 3. The third-order valence-electron chi connectivity index (χ3n) is 4.24. The van der Waals surface area contributed by atoms with Crippen LogP contribution in [-0.4, -0.2) is 6.04 Å². The van der Waals surface area contributed by atoms with Gasteiger partial charge in [-0.15, -0.1) is 0 Å². The van der Waals surface area contributed by atoms with Gasteiger partial charge in [-0.2, -0.15) is 0 Å². The second-order valence-electron chi connectivity index (χ2n) is 6.72. The van der Waals surface area contributed by atoms with Gasteiger partial charge in [-0.05, 0) is 48.8 Å². The molecule has 19 heavy (non-hydrogen) atoms. The van der Waals surface area contributed by atoms with Crippen LogP contribution in [0.2, 0.25) is 0 Å². The normalized spacial score (nSPS) is 27.5. The van der Waals surface area contributed by atoms with Crippen molar-refractivity contribution >= 4 is 0 Å². The predicted molar refractivity (Wildman–Crippen MR) is 73.9 cm³/mol. The van der Waals surface area contributed by atoms with Crippen molar-refractivity contribution in [3.63, 3.8) is 0 Å². The molecule has 0 heterocycles. The first-order valence-electron chi connectivity index (χ1n) is 6.99. The average Bonchev–Trinajstić information content (AvgIpc) is 2.55. The molecule has 106 valence electrons. The molecule has 3 unspecified atom stereocenters. The van der Waals surface area contributed by atoms with Crippen molar-refractivity contribution < 1.29 is 8.78 Å². The summed E-state index contributed by atoms with van der Waals surface area (Å²) in [4.78, 5) is 0. The van der Waals surface area contributed by atoms with Gasteiger partial charge in [-0.1, -0.05) is 26.8 Å². The topological polar surface area (TPSA) is 12.0 Å². The van der Waals surface area contributed by atoms with Crippen LogP contribution in [0.1, 0.15) is 52.1 Å². The summed E-state index contributed by atoms with van der Waals surface area (Å²) in [6.45, 7) is 8.83. The number of benzene rings is 1. The molecule has 1 fully saturated rings. The van der Waals surface area contributed by atoms with Gasteiger partial charge in [0.05, 0.1) is 0 Å². The second-order valence-corrected chi connectivity index (χ2v) is 6.72. The first kappa shape index (κ1) is 14.4. The van der Waals surface area contributed by atoms with E-state index < -0.39 is 11.6 Å². The van der Waals surface area contributed by atoms with Crippen LogP contribution in [0.25, 0.3) is 0 Å². The molecule has 0 saturated heterocycles. The van der Waals surface area contributed by atoms with Gasteiger partial charge >= 0.3 is 0 Å². The van der Waals surface area contributed by atoms with E-state index in [9.17, 15) is 8.78 Å². The van der Waals surface area contributed by atoms with Crippen molar-refractivity contribution in [1.29, 1.82) is 0 Å². The van der Waals surface area contributed by atoms with E-state index >= 15 is 0 Å². The van der Waals surface area contributed by atoms with Crippen LogP contribution in [-0.2, 0) is 0 Å². The molecule has 0 aromatic heterocycles. The smallest absolute Gasteiger partial charge is 0.159 e. The zero-order valence-corrected chi connectivity index (χ0v) is 12.1. The molecule has 1 saturated carbocycles. The van der Waals surface area contributed by atoms with Crippen LogP contribution in [0.4, 0.5) is 8.78 Å². The lowest BCUT2D eigenvalue weighted by molar-refractivity contribution is 0.356. The molecular formula is C16H23F2N. The molecular weight excluding hydrogens is 244 g/mol. The average molecular weight is 267 g/mol. The van der Waals surface area contributed by atoms with E-state index in [0.29, 0.717) is 17.4 Å². The Hall–Kier alpha value is -0.960.